The number of carboxylic acid groups (broad SMARTS) is 1. The molecule has 110 valence electrons. The molecule has 2 unspecified atom stereocenters. The lowest BCUT2D eigenvalue weighted by atomic mass is 9.78. The molecule has 3 rings (SSSR count). The summed E-state index contributed by atoms with van der Waals surface area (Å²) in [5.41, 5.74) is 1.65. The highest BCUT2D eigenvalue weighted by atomic mass is 16.4. The molecule has 5 heteroatoms. The van der Waals surface area contributed by atoms with Gasteiger partial charge in [0.05, 0.1) is 11.8 Å². The molecular formula is C16H18N2O3. The van der Waals surface area contributed by atoms with Crippen molar-refractivity contribution in [2.45, 2.75) is 25.7 Å². The maximum Gasteiger partial charge on any atom is 0.307 e. The molecule has 5 nitrogen and oxygen atoms in total. The standard InChI is InChI=1S/C16H18N2O3/c19-15(12-3-1-2-4-13(12)16(20)21)18-11-6-5-10-7-8-17-14(10)9-11/h5-9,12-13,17H,1-4H2,(H,18,19)(H,20,21). The van der Waals surface area contributed by atoms with Gasteiger partial charge in [0, 0.05) is 17.4 Å². The Bertz CT molecular complexity index is 677. The number of carboxylic acids is 1. The van der Waals surface area contributed by atoms with E-state index in [1.807, 2.05) is 30.5 Å². The molecule has 1 fully saturated rings. The summed E-state index contributed by atoms with van der Waals surface area (Å²) in [5.74, 6) is -2.05. The van der Waals surface area contributed by atoms with Crippen LogP contribution in [0.25, 0.3) is 10.9 Å². The predicted molar refractivity (Wildman–Crippen MR) is 80.0 cm³/mol. The minimum Gasteiger partial charge on any atom is -0.481 e. The van der Waals surface area contributed by atoms with Crippen molar-refractivity contribution < 1.29 is 14.7 Å². The number of anilines is 1. The maximum atomic E-state index is 12.4. The zero-order valence-electron chi connectivity index (χ0n) is 11.6. The molecule has 2 aromatic rings. The van der Waals surface area contributed by atoms with E-state index < -0.39 is 17.8 Å². The highest BCUT2D eigenvalue weighted by Gasteiger charge is 2.35. The predicted octanol–water partition coefficient (Wildman–Crippen LogP) is 3.00. The number of amides is 1. The van der Waals surface area contributed by atoms with Gasteiger partial charge in [0.1, 0.15) is 0 Å². The van der Waals surface area contributed by atoms with Crippen molar-refractivity contribution in [1.29, 1.82) is 0 Å². The van der Waals surface area contributed by atoms with Gasteiger partial charge in [-0.2, -0.15) is 0 Å². The number of rotatable bonds is 3. The normalized spacial score (nSPS) is 22.1. The third-order valence-electron chi connectivity index (χ3n) is 4.24. The van der Waals surface area contributed by atoms with Crippen molar-refractivity contribution >= 4 is 28.5 Å². The summed E-state index contributed by atoms with van der Waals surface area (Å²) < 4.78 is 0. The summed E-state index contributed by atoms with van der Waals surface area (Å²) in [4.78, 5) is 26.7. The Morgan fingerprint density at radius 1 is 1.14 bits per heavy atom. The van der Waals surface area contributed by atoms with Crippen LogP contribution in [0.15, 0.2) is 30.5 Å². The third-order valence-corrected chi connectivity index (χ3v) is 4.24. The van der Waals surface area contributed by atoms with Gasteiger partial charge >= 0.3 is 5.97 Å². The van der Waals surface area contributed by atoms with E-state index in [2.05, 4.69) is 10.3 Å². The molecule has 1 heterocycles. The monoisotopic (exact) mass is 286 g/mol. The topological polar surface area (TPSA) is 82.2 Å². The van der Waals surface area contributed by atoms with Crippen LogP contribution in [0.1, 0.15) is 25.7 Å². The van der Waals surface area contributed by atoms with Gasteiger partial charge in [0.25, 0.3) is 0 Å². The summed E-state index contributed by atoms with van der Waals surface area (Å²) in [6.45, 7) is 0. The SMILES string of the molecule is O=C(O)C1CCCCC1C(=O)Nc1ccc2cc[nH]c2c1. The fourth-order valence-corrected chi connectivity index (χ4v) is 3.10. The van der Waals surface area contributed by atoms with Crippen LogP contribution in [-0.4, -0.2) is 22.0 Å². The fraction of sp³-hybridized carbons (Fsp3) is 0.375. The first-order valence-electron chi connectivity index (χ1n) is 7.26. The molecule has 1 aliphatic rings. The first-order chi connectivity index (χ1) is 10.1. The fourth-order valence-electron chi connectivity index (χ4n) is 3.10. The molecule has 0 radical (unpaired) electrons. The molecule has 0 saturated heterocycles. The van der Waals surface area contributed by atoms with Crippen LogP contribution in [0.5, 0.6) is 0 Å². The number of aromatic amines is 1. The highest BCUT2D eigenvalue weighted by molar-refractivity contribution is 5.97. The zero-order chi connectivity index (χ0) is 14.8. The average molecular weight is 286 g/mol. The second-order valence-corrected chi connectivity index (χ2v) is 5.60. The van der Waals surface area contributed by atoms with E-state index in [1.54, 1.807) is 0 Å². The van der Waals surface area contributed by atoms with Crippen LogP contribution >= 0.6 is 0 Å². The van der Waals surface area contributed by atoms with Crippen LogP contribution < -0.4 is 5.32 Å². The Kier molecular flexibility index (Phi) is 3.64. The number of benzene rings is 1. The Morgan fingerprint density at radius 3 is 2.67 bits per heavy atom. The lowest BCUT2D eigenvalue weighted by molar-refractivity contribution is -0.147. The van der Waals surface area contributed by atoms with Crippen molar-refractivity contribution in [2.75, 3.05) is 5.32 Å². The Morgan fingerprint density at radius 2 is 1.90 bits per heavy atom. The summed E-state index contributed by atoms with van der Waals surface area (Å²) in [6, 6.07) is 7.60. The van der Waals surface area contributed by atoms with Crippen LogP contribution in [0.3, 0.4) is 0 Å². The minimum atomic E-state index is -0.866. The minimum absolute atomic E-state index is 0.187. The molecule has 1 aromatic heterocycles. The Hall–Kier alpha value is -2.30. The number of nitrogens with one attached hydrogen (secondary N) is 2. The summed E-state index contributed by atoms with van der Waals surface area (Å²) >= 11 is 0. The molecule has 1 saturated carbocycles. The van der Waals surface area contributed by atoms with Gasteiger partial charge in [-0.1, -0.05) is 18.9 Å². The van der Waals surface area contributed by atoms with Crippen LogP contribution in [-0.2, 0) is 9.59 Å². The number of carbonyl (C=O) groups excluding carboxylic acids is 1. The lowest BCUT2D eigenvalue weighted by Gasteiger charge is -2.27. The number of fused-ring (bicyclic) bond motifs is 1. The van der Waals surface area contributed by atoms with Crippen molar-refractivity contribution in [3.05, 3.63) is 30.5 Å². The average Bonchev–Trinajstić information content (AvgIpc) is 2.94. The summed E-state index contributed by atoms with van der Waals surface area (Å²) in [5, 5.41) is 13.2. The van der Waals surface area contributed by atoms with Gasteiger partial charge < -0.3 is 15.4 Å². The van der Waals surface area contributed by atoms with Gasteiger partial charge in [0.2, 0.25) is 5.91 Å². The van der Waals surface area contributed by atoms with Crippen LogP contribution in [0.2, 0.25) is 0 Å². The van der Waals surface area contributed by atoms with Crippen LogP contribution in [0.4, 0.5) is 5.69 Å². The quantitative estimate of drug-likeness (QED) is 0.811. The van der Waals surface area contributed by atoms with E-state index in [4.69, 9.17) is 0 Å². The Labute approximate surface area is 122 Å². The molecule has 1 aromatic carbocycles. The van der Waals surface area contributed by atoms with Gasteiger partial charge in [-0.3, -0.25) is 9.59 Å². The number of aromatic nitrogens is 1. The maximum absolute atomic E-state index is 12.4. The first-order valence-corrected chi connectivity index (χ1v) is 7.26. The highest BCUT2D eigenvalue weighted by Crippen LogP contribution is 2.31. The molecule has 2 atom stereocenters. The molecular weight excluding hydrogens is 268 g/mol. The van der Waals surface area contributed by atoms with E-state index in [0.29, 0.717) is 18.5 Å². The largest absolute Gasteiger partial charge is 0.481 e. The van der Waals surface area contributed by atoms with Crippen molar-refractivity contribution in [3.8, 4) is 0 Å². The van der Waals surface area contributed by atoms with Crippen LogP contribution in [0, 0.1) is 11.8 Å². The van der Waals surface area contributed by atoms with Gasteiger partial charge in [-0.25, -0.2) is 0 Å². The molecule has 1 aliphatic carbocycles. The molecule has 0 bridgehead atoms. The van der Waals surface area contributed by atoms with E-state index in [9.17, 15) is 14.7 Å². The zero-order valence-corrected chi connectivity index (χ0v) is 11.6. The molecule has 1 amide bonds. The Balaban J connectivity index is 1.76. The van der Waals surface area contributed by atoms with Gasteiger partial charge in [0.15, 0.2) is 0 Å². The second-order valence-electron chi connectivity index (χ2n) is 5.60. The summed E-state index contributed by atoms with van der Waals surface area (Å²) in [7, 11) is 0. The summed E-state index contributed by atoms with van der Waals surface area (Å²) in [6.07, 6.45) is 4.88. The number of H-pyrrole nitrogens is 1. The molecule has 0 aliphatic heterocycles. The van der Waals surface area contributed by atoms with Crippen molar-refractivity contribution in [2.24, 2.45) is 11.8 Å². The van der Waals surface area contributed by atoms with E-state index in [1.165, 1.54) is 0 Å². The molecule has 21 heavy (non-hydrogen) atoms. The number of hydrogen-bond donors (Lipinski definition) is 3. The number of carbonyl (C=O) groups is 2. The van der Waals surface area contributed by atoms with E-state index >= 15 is 0 Å². The molecule has 3 N–H and O–H groups in total. The van der Waals surface area contributed by atoms with Crippen molar-refractivity contribution in [3.63, 3.8) is 0 Å². The number of aliphatic carboxylic acids is 1. The molecule has 0 spiro atoms. The van der Waals surface area contributed by atoms with E-state index in [0.717, 1.165) is 23.7 Å². The smallest absolute Gasteiger partial charge is 0.307 e. The van der Waals surface area contributed by atoms with Gasteiger partial charge in [-0.15, -0.1) is 0 Å². The lowest BCUT2D eigenvalue weighted by Crippen LogP contribution is -2.36. The third kappa shape index (κ3) is 2.77. The van der Waals surface area contributed by atoms with E-state index in [-0.39, 0.29) is 5.91 Å². The second kappa shape index (κ2) is 5.60. The van der Waals surface area contributed by atoms with Gasteiger partial charge in [-0.05, 0) is 36.4 Å². The number of hydrogen-bond acceptors (Lipinski definition) is 2. The first kappa shape index (κ1) is 13.7. The van der Waals surface area contributed by atoms with Crippen molar-refractivity contribution in [1.82, 2.24) is 4.98 Å².